The topological polar surface area (TPSA) is 70.1 Å². The molecule has 0 aliphatic heterocycles. The average molecular weight is 260 g/mol. The standard InChI is InChI=1S/C12H24N2O4/c1-6-12(2,18-5)11(17)14(9-10(15)16)8-7-13(3)4/h6-9H2,1-5H3,(H,15,16). The lowest BCUT2D eigenvalue weighted by molar-refractivity contribution is -0.158. The van der Waals surface area contributed by atoms with E-state index in [9.17, 15) is 9.59 Å². The molecule has 0 aromatic heterocycles. The lowest BCUT2D eigenvalue weighted by Crippen LogP contribution is -2.51. The number of nitrogens with zero attached hydrogens (tertiary/aromatic N) is 2. The Balaban J connectivity index is 4.83. The second-order valence-electron chi connectivity index (χ2n) is 4.71. The maximum atomic E-state index is 12.3. The van der Waals surface area contributed by atoms with Crippen molar-refractivity contribution in [2.24, 2.45) is 0 Å². The first kappa shape index (κ1) is 16.9. The van der Waals surface area contributed by atoms with E-state index in [-0.39, 0.29) is 12.5 Å². The first-order chi connectivity index (χ1) is 8.26. The van der Waals surface area contributed by atoms with Crippen molar-refractivity contribution in [2.45, 2.75) is 25.9 Å². The summed E-state index contributed by atoms with van der Waals surface area (Å²) in [5, 5.41) is 8.86. The van der Waals surface area contributed by atoms with E-state index in [0.717, 1.165) is 0 Å². The Morgan fingerprint density at radius 2 is 1.83 bits per heavy atom. The van der Waals surface area contributed by atoms with Crippen molar-refractivity contribution in [3.05, 3.63) is 0 Å². The van der Waals surface area contributed by atoms with Crippen LogP contribution < -0.4 is 0 Å². The number of rotatable bonds is 8. The van der Waals surface area contributed by atoms with Crippen LogP contribution in [0.1, 0.15) is 20.3 Å². The van der Waals surface area contributed by atoms with Crippen molar-refractivity contribution in [3.8, 4) is 0 Å². The van der Waals surface area contributed by atoms with Crippen LogP contribution in [0, 0.1) is 0 Å². The molecule has 0 saturated heterocycles. The number of hydrogen-bond acceptors (Lipinski definition) is 4. The minimum absolute atomic E-state index is 0.281. The third kappa shape index (κ3) is 5.01. The predicted molar refractivity (Wildman–Crippen MR) is 68.5 cm³/mol. The third-order valence-corrected chi connectivity index (χ3v) is 3.01. The van der Waals surface area contributed by atoms with Crippen LogP contribution >= 0.6 is 0 Å². The van der Waals surface area contributed by atoms with Crippen molar-refractivity contribution in [1.82, 2.24) is 9.80 Å². The van der Waals surface area contributed by atoms with E-state index in [1.807, 2.05) is 25.9 Å². The van der Waals surface area contributed by atoms with Gasteiger partial charge in [-0.2, -0.15) is 0 Å². The predicted octanol–water partition coefficient (Wildman–Crippen LogP) is 0.276. The summed E-state index contributed by atoms with van der Waals surface area (Å²) in [6, 6.07) is 0. The van der Waals surface area contributed by atoms with Gasteiger partial charge >= 0.3 is 5.97 Å². The molecule has 0 aromatic carbocycles. The molecule has 1 N–H and O–H groups in total. The Hall–Kier alpha value is -1.14. The molecule has 106 valence electrons. The molecule has 0 bridgehead atoms. The minimum atomic E-state index is -1.02. The molecule has 1 unspecified atom stereocenters. The largest absolute Gasteiger partial charge is 0.480 e. The lowest BCUT2D eigenvalue weighted by Gasteiger charge is -2.32. The average Bonchev–Trinajstić information content (AvgIpc) is 2.31. The smallest absolute Gasteiger partial charge is 0.323 e. The second-order valence-corrected chi connectivity index (χ2v) is 4.71. The van der Waals surface area contributed by atoms with Crippen molar-refractivity contribution in [2.75, 3.05) is 40.8 Å². The van der Waals surface area contributed by atoms with Crippen LogP contribution in [0.3, 0.4) is 0 Å². The summed E-state index contributed by atoms with van der Waals surface area (Å²) >= 11 is 0. The summed E-state index contributed by atoms with van der Waals surface area (Å²) in [6.45, 7) is 4.21. The number of ether oxygens (including phenoxy) is 1. The second kappa shape index (κ2) is 7.33. The van der Waals surface area contributed by atoms with Crippen LogP contribution in [0.25, 0.3) is 0 Å². The van der Waals surface area contributed by atoms with Gasteiger partial charge in [0.05, 0.1) is 0 Å². The summed E-state index contributed by atoms with van der Waals surface area (Å²) < 4.78 is 5.22. The lowest BCUT2D eigenvalue weighted by atomic mass is 10.0. The molecule has 1 atom stereocenters. The minimum Gasteiger partial charge on any atom is -0.480 e. The van der Waals surface area contributed by atoms with E-state index in [4.69, 9.17) is 9.84 Å². The van der Waals surface area contributed by atoms with Crippen LogP contribution in [0.4, 0.5) is 0 Å². The number of aliphatic carboxylic acids is 1. The van der Waals surface area contributed by atoms with Gasteiger partial charge in [-0.1, -0.05) is 6.92 Å². The number of likely N-dealkylation sites (N-methyl/N-ethyl adjacent to an activating group) is 1. The molecule has 18 heavy (non-hydrogen) atoms. The Morgan fingerprint density at radius 1 is 1.28 bits per heavy atom. The van der Waals surface area contributed by atoms with Gasteiger partial charge in [0, 0.05) is 20.2 Å². The van der Waals surface area contributed by atoms with E-state index in [2.05, 4.69) is 0 Å². The third-order valence-electron chi connectivity index (χ3n) is 3.01. The summed E-state index contributed by atoms with van der Waals surface area (Å²) in [4.78, 5) is 26.3. The zero-order valence-electron chi connectivity index (χ0n) is 11.9. The fraction of sp³-hybridized carbons (Fsp3) is 0.833. The highest BCUT2D eigenvalue weighted by Gasteiger charge is 2.35. The number of carboxylic acid groups (broad SMARTS) is 1. The highest BCUT2D eigenvalue weighted by Crippen LogP contribution is 2.17. The van der Waals surface area contributed by atoms with Gasteiger partial charge in [0.15, 0.2) is 0 Å². The van der Waals surface area contributed by atoms with Crippen LogP contribution in [0.2, 0.25) is 0 Å². The molecule has 6 nitrogen and oxygen atoms in total. The normalized spacial score (nSPS) is 14.3. The fourth-order valence-electron chi connectivity index (χ4n) is 1.45. The monoisotopic (exact) mass is 260 g/mol. The zero-order valence-corrected chi connectivity index (χ0v) is 11.9. The van der Waals surface area contributed by atoms with E-state index in [1.54, 1.807) is 6.92 Å². The zero-order chi connectivity index (χ0) is 14.3. The molecular formula is C12H24N2O4. The summed E-state index contributed by atoms with van der Waals surface area (Å²) in [6.07, 6.45) is 0.500. The van der Waals surface area contributed by atoms with E-state index < -0.39 is 11.6 Å². The highest BCUT2D eigenvalue weighted by molar-refractivity contribution is 5.87. The number of amides is 1. The van der Waals surface area contributed by atoms with Crippen molar-refractivity contribution >= 4 is 11.9 Å². The molecule has 6 heteroatoms. The first-order valence-electron chi connectivity index (χ1n) is 5.98. The van der Waals surface area contributed by atoms with Crippen LogP contribution in [-0.2, 0) is 14.3 Å². The summed E-state index contributed by atoms with van der Waals surface area (Å²) in [7, 11) is 5.21. The van der Waals surface area contributed by atoms with Gasteiger partial charge in [-0.05, 0) is 27.4 Å². The fourth-order valence-corrected chi connectivity index (χ4v) is 1.45. The van der Waals surface area contributed by atoms with Crippen LogP contribution in [-0.4, -0.2) is 73.2 Å². The molecule has 0 aliphatic rings. The molecule has 0 rings (SSSR count). The SMILES string of the molecule is CCC(C)(OC)C(=O)N(CCN(C)C)CC(=O)O. The van der Waals surface area contributed by atoms with Crippen LogP contribution in [0.15, 0.2) is 0 Å². The summed E-state index contributed by atoms with van der Waals surface area (Å²) in [5.41, 5.74) is -0.957. The van der Waals surface area contributed by atoms with Gasteiger partial charge in [-0.3, -0.25) is 9.59 Å². The molecule has 0 radical (unpaired) electrons. The quantitative estimate of drug-likeness (QED) is 0.678. The highest BCUT2D eigenvalue weighted by atomic mass is 16.5. The Labute approximate surface area is 109 Å². The molecular weight excluding hydrogens is 236 g/mol. The molecule has 0 heterocycles. The van der Waals surface area contributed by atoms with E-state index in [0.29, 0.717) is 19.5 Å². The molecule has 0 saturated carbocycles. The first-order valence-corrected chi connectivity index (χ1v) is 5.98. The Morgan fingerprint density at radius 3 is 2.17 bits per heavy atom. The van der Waals surface area contributed by atoms with Gasteiger partial charge in [-0.15, -0.1) is 0 Å². The number of methoxy groups -OCH3 is 1. The van der Waals surface area contributed by atoms with Crippen molar-refractivity contribution in [3.63, 3.8) is 0 Å². The van der Waals surface area contributed by atoms with Crippen LogP contribution in [0.5, 0.6) is 0 Å². The van der Waals surface area contributed by atoms with E-state index >= 15 is 0 Å². The maximum Gasteiger partial charge on any atom is 0.323 e. The molecule has 0 fully saturated rings. The van der Waals surface area contributed by atoms with Crippen molar-refractivity contribution < 1.29 is 19.4 Å². The van der Waals surface area contributed by atoms with Gasteiger partial charge in [-0.25, -0.2) is 0 Å². The van der Waals surface area contributed by atoms with Gasteiger partial charge in [0.2, 0.25) is 0 Å². The Bertz CT molecular complexity index is 288. The Kier molecular flexibility index (Phi) is 6.86. The van der Waals surface area contributed by atoms with Gasteiger partial charge < -0.3 is 19.6 Å². The number of carbonyl (C=O) groups excluding carboxylic acids is 1. The summed E-state index contributed by atoms with van der Waals surface area (Å²) in [5.74, 6) is -1.30. The van der Waals surface area contributed by atoms with E-state index in [1.165, 1.54) is 12.0 Å². The van der Waals surface area contributed by atoms with Crippen molar-refractivity contribution in [1.29, 1.82) is 0 Å². The maximum absolute atomic E-state index is 12.3. The number of carboxylic acids is 1. The molecule has 0 spiro atoms. The van der Waals surface area contributed by atoms with Gasteiger partial charge in [0.1, 0.15) is 12.1 Å². The number of hydrogen-bond donors (Lipinski definition) is 1. The van der Waals surface area contributed by atoms with Gasteiger partial charge in [0.25, 0.3) is 5.91 Å². The number of carbonyl (C=O) groups is 2. The molecule has 0 aliphatic carbocycles. The molecule has 0 aromatic rings. The molecule has 1 amide bonds.